The molecule has 5 heteroatoms. The summed E-state index contributed by atoms with van der Waals surface area (Å²) in [7, 11) is 1.34. The van der Waals surface area contributed by atoms with E-state index in [1.165, 1.54) is 32.6 Å². The fourth-order valence-electron chi connectivity index (χ4n) is 2.43. The zero-order valence-corrected chi connectivity index (χ0v) is 11.1. The van der Waals surface area contributed by atoms with Crippen LogP contribution in [0.15, 0.2) is 12.3 Å². The van der Waals surface area contributed by atoms with Crippen molar-refractivity contribution in [3.8, 4) is 5.88 Å². The maximum absolute atomic E-state index is 13.4. The van der Waals surface area contributed by atoms with Crippen molar-refractivity contribution in [1.29, 1.82) is 0 Å². The maximum Gasteiger partial charge on any atom is 0.252 e. The molecular weight excluding hydrogens is 247 g/mol. The number of amides is 1. The van der Waals surface area contributed by atoms with Crippen LogP contribution in [-0.2, 0) is 0 Å². The van der Waals surface area contributed by atoms with Crippen molar-refractivity contribution in [3.05, 3.63) is 23.6 Å². The number of aromatic nitrogens is 1. The van der Waals surface area contributed by atoms with E-state index in [0.29, 0.717) is 12.5 Å². The lowest BCUT2D eigenvalue weighted by Gasteiger charge is -2.21. The number of rotatable bonds is 4. The van der Waals surface area contributed by atoms with Gasteiger partial charge in [-0.3, -0.25) is 4.79 Å². The normalized spacial score (nSPS) is 16.1. The number of methoxy groups -OCH3 is 1. The Hall–Kier alpha value is -1.65. The van der Waals surface area contributed by atoms with Crippen LogP contribution in [0, 0.1) is 11.7 Å². The van der Waals surface area contributed by atoms with Crippen molar-refractivity contribution in [2.45, 2.75) is 32.1 Å². The Morgan fingerprint density at radius 3 is 2.84 bits per heavy atom. The summed E-state index contributed by atoms with van der Waals surface area (Å²) in [4.78, 5) is 15.6. The van der Waals surface area contributed by atoms with Gasteiger partial charge in [-0.2, -0.15) is 0 Å². The van der Waals surface area contributed by atoms with E-state index in [4.69, 9.17) is 4.74 Å². The summed E-state index contributed by atoms with van der Waals surface area (Å²) >= 11 is 0. The molecule has 19 heavy (non-hydrogen) atoms. The van der Waals surface area contributed by atoms with Crippen molar-refractivity contribution in [1.82, 2.24) is 10.3 Å². The Kier molecular flexibility index (Phi) is 4.71. The fraction of sp³-hybridized carbons (Fsp3) is 0.571. The summed E-state index contributed by atoms with van der Waals surface area (Å²) in [5.41, 5.74) is 0.231. The molecule has 0 spiro atoms. The van der Waals surface area contributed by atoms with Crippen LogP contribution >= 0.6 is 0 Å². The van der Waals surface area contributed by atoms with Gasteiger partial charge in [-0.15, -0.1) is 0 Å². The molecule has 1 amide bonds. The third kappa shape index (κ3) is 3.66. The van der Waals surface area contributed by atoms with Gasteiger partial charge in [0.05, 0.1) is 12.7 Å². The molecule has 0 bridgehead atoms. The average Bonchev–Trinajstić information content (AvgIpc) is 2.45. The van der Waals surface area contributed by atoms with E-state index in [0.717, 1.165) is 18.9 Å². The van der Waals surface area contributed by atoms with E-state index in [1.807, 2.05) is 0 Å². The van der Waals surface area contributed by atoms with Gasteiger partial charge in [0.2, 0.25) is 5.88 Å². The molecule has 1 aliphatic carbocycles. The molecule has 0 unspecified atom stereocenters. The topological polar surface area (TPSA) is 51.2 Å². The molecule has 1 aliphatic rings. The average molecular weight is 266 g/mol. The lowest BCUT2D eigenvalue weighted by atomic mass is 9.89. The number of hydrogen-bond acceptors (Lipinski definition) is 3. The van der Waals surface area contributed by atoms with Crippen molar-refractivity contribution < 1.29 is 13.9 Å². The van der Waals surface area contributed by atoms with Crippen molar-refractivity contribution in [2.24, 2.45) is 5.92 Å². The minimum Gasteiger partial charge on any atom is -0.479 e. The Balaban J connectivity index is 1.90. The first-order valence-electron chi connectivity index (χ1n) is 6.68. The molecule has 0 aromatic carbocycles. The molecule has 0 atom stereocenters. The first kappa shape index (κ1) is 13.8. The first-order valence-corrected chi connectivity index (χ1v) is 6.68. The largest absolute Gasteiger partial charge is 0.479 e. The molecule has 4 nitrogen and oxygen atoms in total. The molecule has 0 radical (unpaired) electrons. The zero-order chi connectivity index (χ0) is 13.7. The molecule has 2 rings (SSSR count). The van der Waals surface area contributed by atoms with Gasteiger partial charge in [0.15, 0.2) is 5.82 Å². The van der Waals surface area contributed by atoms with E-state index < -0.39 is 5.82 Å². The molecule has 1 fully saturated rings. The van der Waals surface area contributed by atoms with Crippen LogP contribution in [0.25, 0.3) is 0 Å². The molecule has 0 saturated heterocycles. The van der Waals surface area contributed by atoms with Gasteiger partial charge >= 0.3 is 0 Å². The Morgan fingerprint density at radius 1 is 1.47 bits per heavy atom. The molecule has 1 saturated carbocycles. The highest BCUT2D eigenvalue weighted by Crippen LogP contribution is 2.22. The van der Waals surface area contributed by atoms with Crippen molar-refractivity contribution in [3.63, 3.8) is 0 Å². The first-order chi connectivity index (χ1) is 9.20. The predicted molar refractivity (Wildman–Crippen MR) is 69.7 cm³/mol. The summed E-state index contributed by atoms with van der Waals surface area (Å²) in [6, 6.07) is 1.15. The highest BCUT2D eigenvalue weighted by atomic mass is 19.1. The second-order valence-electron chi connectivity index (χ2n) is 4.93. The van der Waals surface area contributed by atoms with Gasteiger partial charge in [-0.05, 0) is 24.8 Å². The summed E-state index contributed by atoms with van der Waals surface area (Å²) in [6.07, 6.45) is 7.42. The maximum atomic E-state index is 13.4. The molecule has 0 aliphatic heterocycles. The molecule has 1 heterocycles. The number of ether oxygens (including phenoxy) is 1. The minimum atomic E-state index is -0.618. The zero-order valence-electron chi connectivity index (χ0n) is 11.1. The molecular formula is C14H19FN2O2. The molecule has 104 valence electrons. The van der Waals surface area contributed by atoms with E-state index in [1.54, 1.807) is 0 Å². The van der Waals surface area contributed by atoms with E-state index in [-0.39, 0.29) is 17.4 Å². The molecule has 1 aromatic rings. The van der Waals surface area contributed by atoms with Crippen molar-refractivity contribution in [2.75, 3.05) is 13.7 Å². The number of carbonyl (C=O) groups is 1. The number of hydrogen-bond donors (Lipinski definition) is 1. The summed E-state index contributed by atoms with van der Waals surface area (Å²) in [5.74, 6) is -0.440. The Labute approximate surface area is 112 Å². The van der Waals surface area contributed by atoms with Gasteiger partial charge in [-0.25, -0.2) is 9.37 Å². The number of nitrogens with zero attached hydrogens (tertiary/aromatic N) is 1. The van der Waals surface area contributed by atoms with Gasteiger partial charge in [0.25, 0.3) is 5.91 Å². The number of carbonyl (C=O) groups excluding carboxylic acids is 1. The quantitative estimate of drug-likeness (QED) is 0.911. The van der Waals surface area contributed by atoms with E-state index in [9.17, 15) is 9.18 Å². The standard InChI is InChI=1S/C14H19FN2O2/c1-19-14-12(15)7-11(9-17-14)13(18)16-8-10-5-3-2-4-6-10/h7,9-10H,2-6,8H2,1H3,(H,16,18). The highest BCUT2D eigenvalue weighted by Gasteiger charge is 2.16. The second-order valence-corrected chi connectivity index (χ2v) is 4.93. The monoisotopic (exact) mass is 266 g/mol. The number of halogens is 1. The Morgan fingerprint density at radius 2 is 2.21 bits per heavy atom. The third-order valence-electron chi connectivity index (χ3n) is 3.54. The van der Waals surface area contributed by atoms with Crippen LogP contribution in [-0.4, -0.2) is 24.5 Å². The van der Waals surface area contributed by atoms with E-state index in [2.05, 4.69) is 10.3 Å². The number of nitrogens with one attached hydrogen (secondary N) is 1. The lowest BCUT2D eigenvalue weighted by molar-refractivity contribution is 0.0942. The van der Waals surface area contributed by atoms with Crippen LogP contribution in [0.3, 0.4) is 0 Å². The summed E-state index contributed by atoms with van der Waals surface area (Å²) < 4.78 is 18.2. The van der Waals surface area contributed by atoms with Crippen LogP contribution in [0.4, 0.5) is 4.39 Å². The third-order valence-corrected chi connectivity index (χ3v) is 3.54. The molecule has 1 N–H and O–H groups in total. The van der Waals surface area contributed by atoms with Crippen LogP contribution in [0.1, 0.15) is 42.5 Å². The smallest absolute Gasteiger partial charge is 0.252 e. The SMILES string of the molecule is COc1ncc(C(=O)NCC2CCCCC2)cc1F. The van der Waals surface area contributed by atoms with Gasteiger partial charge in [0, 0.05) is 12.7 Å². The number of pyridine rings is 1. The summed E-state index contributed by atoms with van der Waals surface area (Å²) in [6.45, 7) is 0.659. The van der Waals surface area contributed by atoms with E-state index >= 15 is 0 Å². The second kappa shape index (κ2) is 6.50. The van der Waals surface area contributed by atoms with Crippen molar-refractivity contribution >= 4 is 5.91 Å². The fourth-order valence-corrected chi connectivity index (χ4v) is 2.43. The summed E-state index contributed by atoms with van der Waals surface area (Å²) in [5, 5.41) is 2.85. The van der Waals surface area contributed by atoms with Gasteiger partial charge in [-0.1, -0.05) is 19.3 Å². The Bertz CT molecular complexity index is 445. The van der Waals surface area contributed by atoms with Crippen LogP contribution < -0.4 is 10.1 Å². The predicted octanol–water partition coefficient (Wildman–Crippen LogP) is 2.54. The molecule has 1 aromatic heterocycles. The highest BCUT2D eigenvalue weighted by molar-refractivity contribution is 5.93. The van der Waals surface area contributed by atoms with Gasteiger partial charge in [0.1, 0.15) is 0 Å². The van der Waals surface area contributed by atoms with Crippen LogP contribution in [0.5, 0.6) is 5.88 Å². The lowest BCUT2D eigenvalue weighted by Crippen LogP contribution is -2.30. The minimum absolute atomic E-state index is 0.0937. The van der Waals surface area contributed by atoms with Gasteiger partial charge < -0.3 is 10.1 Å². The van der Waals surface area contributed by atoms with Crippen LogP contribution in [0.2, 0.25) is 0 Å².